The van der Waals surface area contributed by atoms with Gasteiger partial charge in [-0.15, -0.1) is 0 Å². The van der Waals surface area contributed by atoms with Gasteiger partial charge < -0.3 is 15.6 Å². The average Bonchev–Trinajstić information content (AvgIpc) is 3.11. The van der Waals surface area contributed by atoms with Crippen molar-refractivity contribution in [3.63, 3.8) is 0 Å². The van der Waals surface area contributed by atoms with E-state index < -0.39 is 35.6 Å². The molecule has 0 saturated heterocycles. The third-order valence-electron chi connectivity index (χ3n) is 5.83. The van der Waals surface area contributed by atoms with Gasteiger partial charge in [0, 0.05) is 5.92 Å². The number of esters is 1. The Morgan fingerprint density at radius 2 is 1.52 bits per heavy atom. The fourth-order valence-corrected chi connectivity index (χ4v) is 4.21. The third-order valence-corrected chi connectivity index (χ3v) is 5.83. The first-order valence-corrected chi connectivity index (χ1v) is 10.2. The third kappa shape index (κ3) is 4.34. The predicted octanol–water partition coefficient (Wildman–Crippen LogP) is 4.76. The first kappa shape index (κ1) is 22.5. The number of carbonyl (C=O) groups is 2. The number of halogens is 3. The lowest BCUT2D eigenvalue weighted by Gasteiger charge is -2.21. The van der Waals surface area contributed by atoms with Crippen LogP contribution in [0.4, 0.5) is 13.2 Å². The van der Waals surface area contributed by atoms with Crippen molar-refractivity contribution in [1.82, 2.24) is 0 Å². The molecule has 3 aromatic rings. The highest BCUT2D eigenvalue weighted by atomic mass is 19.4. The van der Waals surface area contributed by atoms with Gasteiger partial charge in [-0.05, 0) is 39.9 Å². The molecule has 1 aliphatic rings. The van der Waals surface area contributed by atoms with Crippen molar-refractivity contribution in [1.29, 1.82) is 0 Å². The van der Waals surface area contributed by atoms with Gasteiger partial charge in [-0.1, -0.05) is 60.7 Å². The summed E-state index contributed by atoms with van der Waals surface area (Å²) < 4.78 is 44.5. The van der Waals surface area contributed by atoms with Gasteiger partial charge in [-0.25, -0.2) is 0 Å². The van der Waals surface area contributed by atoms with E-state index in [0.717, 1.165) is 40.5 Å². The zero-order valence-corrected chi connectivity index (χ0v) is 17.3. The Bertz CT molecular complexity index is 1160. The van der Waals surface area contributed by atoms with Crippen molar-refractivity contribution in [3.8, 4) is 11.1 Å². The molecule has 1 aliphatic carbocycles. The standard InChI is InChI=1S/C25H20F3NO4/c26-25(27,28)15-7-5-6-14(12-15)22(29)21(23(30)31)24(32)33-13-20-18-10-3-1-8-16(18)17-9-2-4-11-19(17)20/h1-12,20-22H,13,29H2,(H,30,31)/t21-,22?/m1/s1. The van der Waals surface area contributed by atoms with Crippen LogP contribution in [0.2, 0.25) is 0 Å². The zero-order valence-electron chi connectivity index (χ0n) is 17.3. The maximum absolute atomic E-state index is 13.0. The summed E-state index contributed by atoms with van der Waals surface area (Å²) in [6.07, 6.45) is -4.63. The summed E-state index contributed by atoms with van der Waals surface area (Å²) in [7, 11) is 0. The second-order valence-electron chi connectivity index (χ2n) is 7.82. The second kappa shape index (κ2) is 8.71. The van der Waals surface area contributed by atoms with Gasteiger partial charge in [0.25, 0.3) is 0 Å². The van der Waals surface area contributed by atoms with Crippen molar-refractivity contribution < 1.29 is 32.6 Å². The zero-order chi connectivity index (χ0) is 23.8. The summed E-state index contributed by atoms with van der Waals surface area (Å²) in [6.45, 7) is -0.119. The number of carboxylic acid groups (broad SMARTS) is 1. The summed E-state index contributed by atoms with van der Waals surface area (Å²) in [6, 6.07) is 17.7. The van der Waals surface area contributed by atoms with Gasteiger partial charge in [0.05, 0.1) is 11.6 Å². The Morgan fingerprint density at radius 3 is 2.06 bits per heavy atom. The Balaban J connectivity index is 1.55. The van der Waals surface area contributed by atoms with Gasteiger partial charge in [0.15, 0.2) is 5.92 Å². The molecule has 3 aromatic carbocycles. The number of rotatable bonds is 6. The Hall–Kier alpha value is -3.65. The average molecular weight is 455 g/mol. The molecule has 0 fully saturated rings. The highest BCUT2D eigenvalue weighted by Gasteiger charge is 2.38. The van der Waals surface area contributed by atoms with Crippen LogP contribution in [0.5, 0.6) is 0 Å². The number of hydrogen-bond acceptors (Lipinski definition) is 4. The summed E-state index contributed by atoms with van der Waals surface area (Å²) in [5.74, 6) is -4.83. The smallest absolute Gasteiger partial charge is 0.416 e. The van der Waals surface area contributed by atoms with Crippen molar-refractivity contribution in [2.24, 2.45) is 11.7 Å². The quantitative estimate of drug-likeness (QED) is 0.413. The van der Waals surface area contributed by atoms with E-state index in [-0.39, 0.29) is 18.1 Å². The molecule has 0 saturated carbocycles. The number of fused-ring (bicyclic) bond motifs is 3. The molecule has 0 aromatic heterocycles. The fourth-order valence-electron chi connectivity index (χ4n) is 4.21. The molecule has 0 radical (unpaired) electrons. The van der Waals surface area contributed by atoms with E-state index in [2.05, 4.69) is 0 Å². The maximum Gasteiger partial charge on any atom is 0.416 e. The molecule has 2 atom stereocenters. The normalized spacial score (nSPS) is 14.8. The summed E-state index contributed by atoms with van der Waals surface area (Å²) in [5.41, 5.74) is 8.74. The Labute approximate surface area is 187 Å². The highest BCUT2D eigenvalue weighted by Crippen LogP contribution is 2.44. The predicted molar refractivity (Wildman–Crippen MR) is 114 cm³/mol. The molecule has 3 N–H and O–H groups in total. The largest absolute Gasteiger partial charge is 0.481 e. The number of ether oxygens (including phenoxy) is 1. The second-order valence-corrected chi connectivity index (χ2v) is 7.82. The molecular weight excluding hydrogens is 435 g/mol. The molecule has 170 valence electrons. The topological polar surface area (TPSA) is 89.6 Å². The Kier molecular flexibility index (Phi) is 5.95. The van der Waals surface area contributed by atoms with E-state index >= 15 is 0 Å². The first-order chi connectivity index (χ1) is 15.7. The van der Waals surface area contributed by atoms with Gasteiger partial charge in [0.2, 0.25) is 0 Å². The van der Waals surface area contributed by atoms with Crippen molar-refractivity contribution in [2.75, 3.05) is 6.61 Å². The van der Waals surface area contributed by atoms with Crippen molar-refractivity contribution in [3.05, 3.63) is 95.1 Å². The molecule has 0 aliphatic heterocycles. The number of alkyl halides is 3. The van der Waals surface area contributed by atoms with Gasteiger partial charge in [-0.2, -0.15) is 13.2 Å². The minimum atomic E-state index is -4.63. The lowest BCUT2D eigenvalue weighted by molar-refractivity contribution is -0.160. The molecule has 0 spiro atoms. The lowest BCUT2D eigenvalue weighted by Crippen LogP contribution is -2.36. The molecule has 4 rings (SSSR count). The van der Waals surface area contributed by atoms with E-state index in [0.29, 0.717) is 0 Å². The molecule has 5 nitrogen and oxygen atoms in total. The minimum absolute atomic E-state index is 0.119. The van der Waals surface area contributed by atoms with E-state index in [4.69, 9.17) is 10.5 Å². The Morgan fingerprint density at radius 1 is 0.939 bits per heavy atom. The molecule has 0 heterocycles. The maximum atomic E-state index is 13.0. The molecule has 0 amide bonds. The van der Waals surface area contributed by atoms with Crippen LogP contribution in [0.3, 0.4) is 0 Å². The van der Waals surface area contributed by atoms with Gasteiger partial charge in [-0.3, -0.25) is 9.59 Å². The molecule has 1 unspecified atom stereocenters. The van der Waals surface area contributed by atoms with Crippen LogP contribution in [0.15, 0.2) is 72.8 Å². The monoisotopic (exact) mass is 455 g/mol. The number of hydrogen-bond donors (Lipinski definition) is 2. The van der Waals surface area contributed by atoms with Crippen LogP contribution in [0, 0.1) is 5.92 Å². The van der Waals surface area contributed by atoms with Crippen molar-refractivity contribution in [2.45, 2.75) is 18.1 Å². The van der Waals surface area contributed by atoms with Crippen LogP contribution in [0.25, 0.3) is 11.1 Å². The fraction of sp³-hybridized carbons (Fsp3) is 0.200. The number of benzene rings is 3. The van der Waals surface area contributed by atoms with Crippen LogP contribution in [-0.4, -0.2) is 23.7 Å². The number of aliphatic carboxylic acids is 1. The summed E-state index contributed by atoms with van der Waals surface area (Å²) >= 11 is 0. The van der Waals surface area contributed by atoms with Gasteiger partial charge >= 0.3 is 18.1 Å². The van der Waals surface area contributed by atoms with Crippen molar-refractivity contribution >= 4 is 11.9 Å². The van der Waals surface area contributed by atoms with Gasteiger partial charge in [0.1, 0.15) is 6.61 Å². The summed E-state index contributed by atoms with van der Waals surface area (Å²) in [4.78, 5) is 24.6. The number of nitrogens with two attached hydrogens (primary N) is 1. The molecule has 0 bridgehead atoms. The number of carbonyl (C=O) groups excluding carboxylic acids is 1. The molecule has 33 heavy (non-hydrogen) atoms. The van der Waals surface area contributed by atoms with Crippen LogP contribution >= 0.6 is 0 Å². The van der Waals surface area contributed by atoms with E-state index in [1.54, 1.807) is 0 Å². The minimum Gasteiger partial charge on any atom is -0.481 e. The van der Waals surface area contributed by atoms with E-state index in [1.807, 2.05) is 48.5 Å². The summed E-state index contributed by atoms with van der Waals surface area (Å²) in [5, 5.41) is 9.61. The molecular formula is C25H20F3NO4. The lowest BCUT2D eigenvalue weighted by atomic mass is 9.92. The van der Waals surface area contributed by atoms with Crippen LogP contribution < -0.4 is 5.73 Å². The van der Waals surface area contributed by atoms with E-state index in [9.17, 15) is 27.9 Å². The van der Waals surface area contributed by atoms with E-state index in [1.165, 1.54) is 6.07 Å². The highest BCUT2D eigenvalue weighted by molar-refractivity contribution is 5.95. The first-order valence-electron chi connectivity index (χ1n) is 10.2. The van der Waals surface area contributed by atoms with Crippen LogP contribution in [0.1, 0.15) is 34.2 Å². The SMILES string of the molecule is NC(c1cccc(C(F)(F)F)c1)[C@H](C(=O)O)C(=O)OCC1c2ccccc2-c2ccccc21. The van der Waals surface area contributed by atoms with Crippen LogP contribution in [-0.2, 0) is 20.5 Å². The number of carboxylic acids is 1. The molecule has 8 heteroatoms.